The van der Waals surface area contributed by atoms with E-state index in [0.29, 0.717) is 23.1 Å². The number of carbonyl (C=O) groups excluding carboxylic acids is 1. The molecule has 1 N–H and O–H groups in total. The average molecular weight is 343 g/mol. The molecule has 0 unspecified atom stereocenters. The molecule has 8 heteroatoms. The Balaban J connectivity index is 1.51. The van der Waals surface area contributed by atoms with E-state index in [2.05, 4.69) is 20.6 Å². The lowest BCUT2D eigenvalue weighted by Gasteiger charge is -2.05. The third kappa shape index (κ3) is 4.02. The first-order valence-corrected chi connectivity index (χ1v) is 8.55. The van der Waals surface area contributed by atoms with E-state index in [4.69, 9.17) is 4.74 Å². The van der Waals surface area contributed by atoms with Crippen LogP contribution in [-0.4, -0.2) is 38.6 Å². The van der Waals surface area contributed by atoms with E-state index in [1.54, 1.807) is 35.5 Å². The number of thioether (sulfide) groups is 1. The number of ether oxygens (including phenoxy) is 1. The van der Waals surface area contributed by atoms with E-state index in [0.717, 1.165) is 5.75 Å². The highest BCUT2D eigenvalue weighted by atomic mass is 32.2. The summed E-state index contributed by atoms with van der Waals surface area (Å²) in [4.78, 5) is 12.0. The first-order chi connectivity index (χ1) is 11.8. The molecule has 7 nitrogen and oxygen atoms in total. The van der Waals surface area contributed by atoms with Crippen LogP contribution < -0.4 is 10.1 Å². The Bertz CT molecular complexity index is 822. The Kier molecular flexibility index (Phi) is 5.27. The molecule has 0 saturated heterocycles. The molecular weight excluding hydrogens is 326 g/mol. The van der Waals surface area contributed by atoms with Crippen LogP contribution in [0.1, 0.15) is 11.4 Å². The van der Waals surface area contributed by atoms with E-state index in [1.165, 1.54) is 5.56 Å². The smallest absolute Gasteiger partial charge is 0.231 e. The summed E-state index contributed by atoms with van der Waals surface area (Å²) < 4.78 is 6.65. The number of benzene rings is 1. The molecule has 0 aliphatic carbocycles. The van der Waals surface area contributed by atoms with Gasteiger partial charge in [-0.3, -0.25) is 4.79 Å². The molecule has 0 radical (unpaired) electrons. The van der Waals surface area contributed by atoms with Crippen molar-refractivity contribution in [3.05, 3.63) is 53.9 Å². The minimum atomic E-state index is -0.0458. The molecule has 124 valence electrons. The van der Waals surface area contributed by atoms with Crippen molar-refractivity contribution < 1.29 is 9.53 Å². The summed E-state index contributed by atoms with van der Waals surface area (Å²) >= 11 is 1.57. The number of nitrogens with zero attached hydrogens (tertiary/aromatic N) is 4. The summed E-state index contributed by atoms with van der Waals surface area (Å²) in [7, 11) is 1.55. The predicted molar refractivity (Wildman–Crippen MR) is 91.8 cm³/mol. The first-order valence-electron chi connectivity index (χ1n) is 7.40. The van der Waals surface area contributed by atoms with E-state index in [1.807, 2.05) is 30.3 Å². The highest BCUT2D eigenvalue weighted by Gasteiger charge is 2.09. The zero-order valence-electron chi connectivity index (χ0n) is 13.2. The van der Waals surface area contributed by atoms with Gasteiger partial charge in [-0.05, 0) is 11.6 Å². The Morgan fingerprint density at radius 1 is 1.21 bits per heavy atom. The molecule has 3 aromatic rings. The molecule has 0 spiro atoms. The SMILES string of the molecule is COc1ccc2nnc(CNC(=O)CSCc3ccccc3)n2n1. The predicted octanol–water partition coefficient (Wildman–Crippen LogP) is 1.68. The van der Waals surface area contributed by atoms with Crippen molar-refractivity contribution in [1.82, 2.24) is 25.1 Å². The first kappa shape index (κ1) is 16.3. The summed E-state index contributed by atoms with van der Waals surface area (Å²) in [5.74, 6) is 2.18. The lowest BCUT2D eigenvalue weighted by atomic mass is 10.2. The largest absolute Gasteiger partial charge is 0.480 e. The molecule has 1 aromatic carbocycles. The summed E-state index contributed by atoms with van der Waals surface area (Å²) in [5.41, 5.74) is 1.81. The van der Waals surface area contributed by atoms with E-state index >= 15 is 0 Å². The van der Waals surface area contributed by atoms with Crippen molar-refractivity contribution in [2.75, 3.05) is 12.9 Å². The van der Waals surface area contributed by atoms with Crippen LogP contribution in [0.5, 0.6) is 5.88 Å². The number of carbonyl (C=O) groups is 1. The fraction of sp³-hybridized carbons (Fsp3) is 0.250. The monoisotopic (exact) mass is 343 g/mol. The average Bonchev–Trinajstić information content (AvgIpc) is 3.03. The molecule has 2 heterocycles. The van der Waals surface area contributed by atoms with Crippen LogP contribution in [0, 0.1) is 0 Å². The number of hydrogen-bond donors (Lipinski definition) is 1. The second-order valence-corrected chi connectivity index (χ2v) is 6.00. The maximum atomic E-state index is 12.0. The molecule has 0 saturated carbocycles. The number of methoxy groups -OCH3 is 1. The van der Waals surface area contributed by atoms with E-state index in [-0.39, 0.29) is 12.5 Å². The third-order valence-electron chi connectivity index (χ3n) is 3.30. The van der Waals surface area contributed by atoms with Crippen molar-refractivity contribution in [1.29, 1.82) is 0 Å². The zero-order chi connectivity index (χ0) is 16.8. The number of rotatable bonds is 7. The van der Waals surface area contributed by atoms with Gasteiger partial charge in [0.2, 0.25) is 11.8 Å². The van der Waals surface area contributed by atoms with Gasteiger partial charge in [-0.25, -0.2) is 0 Å². The number of nitrogens with one attached hydrogen (secondary N) is 1. The van der Waals surface area contributed by atoms with Gasteiger partial charge in [-0.1, -0.05) is 30.3 Å². The number of aromatic nitrogens is 4. The van der Waals surface area contributed by atoms with Crippen LogP contribution in [0.2, 0.25) is 0 Å². The van der Waals surface area contributed by atoms with Crippen LogP contribution in [0.15, 0.2) is 42.5 Å². The maximum Gasteiger partial charge on any atom is 0.231 e. The fourth-order valence-corrected chi connectivity index (χ4v) is 2.92. The molecule has 0 aliphatic rings. The summed E-state index contributed by atoms with van der Waals surface area (Å²) in [6, 6.07) is 13.5. The lowest BCUT2D eigenvalue weighted by Crippen LogP contribution is -2.26. The molecule has 0 bridgehead atoms. The highest BCUT2D eigenvalue weighted by molar-refractivity contribution is 7.99. The van der Waals surface area contributed by atoms with Crippen molar-refractivity contribution in [2.24, 2.45) is 0 Å². The quantitative estimate of drug-likeness (QED) is 0.703. The van der Waals surface area contributed by atoms with Gasteiger partial charge in [-0.15, -0.1) is 27.1 Å². The minimum absolute atomic E-state index is 0.0458. The molecule has 2 aromatic heterocycles. The number of fused-ring (bicyclic) bond motifs is 1. The van der Waals surface area contributed by atoms with Gasteiger partial charge >= 0.3 is 0 Å². The van der Waals surface area contributed by atoms with Gasteiger partial charge in [0, 0.05) is 11.8 Å². The van der Waals surface area contributed by atoms with Crippen molar-refractivity contribution in [3.8, 4) is 5.88 Å². The van der Waals surface area contributed by atoms with Crippen molar-refractivity contribution >= 4 is 23.3 Å². The van der Waals surface area contributed by atoms with Crippen LogP contribution in [0.3, 0.4) is 0 Å². The van der Waals surface area contributed by atoms with Crippen LogP contribution in [-0.2, 0) is 17.1 Å². The molecule has 3 rings (SSSR count). The zero-order valence-corrected chi connectivity index (χ0v) is 14.0. The fourth-order valence-electron chi connectivity index (χ4n) is 2.10. The van der Waals surface area contributed by atoms with Crippen molar-refractivity contribution in [2.45, 2.75) is 12.3 Å². The van der Waals surface area contributed by atoms with Crippen LogP contribution in [0.25, 0.3) is 5.65 Å². The Morgan fingerprint density at radius 2 is 2.04 bits per heavy atom. The van der Waals surface area contributed by atoms with Gasteiger partial charge in [-0.2, -0.15) is 4.52 Å². The highest BCUT2D eigenvalue weighted by Crippen LogP contribution is 2.11. The molecule has 1 amide bonds. The van der Waals surface area contributed by atoms with Gasteiger partial charge < -0.3 is 10.1 Å². The molecular formula is C16H17N5O2S. The molecule has 0 aliphatic heterocycles. The Morgan fingerprint density at radius 3 is 2.83 bits per heavy atom. The van der Waals surface area contributed by atoms with Gasteiger partial charge in [0.1, 0.15) is 0 Å². The second-order valence-electron chi connectivity index (χ2n) is 5.02. The van der Waals surface area contributed by atoms with E-state index in [9.17, 15) is 4.79 Å². The minimum Gasteiger partial charge on any atom is -0.480 e. The number of amides is 1. The second kappa shape index (κ2) is 7.78. The van der Waals surface area contributed by atoms with Crippen LogP contribution in [0.4, 0.5) is 0 Å². The molecule has 0 atom stereocenters. The molecule has 0 fully saturated rings. The number of hydrogen-bond acceptors (Lipinski definition) is 6. The van der Waals surface area contributed by atoms with Crippen molar-refractivity contribution in [3.63, 3.8) is 0 Å². The lowest BCUT2D eigenvalue weighted by molar-refractivity contribution is -0.118. The van der Waals surface area contributed by atoms with Crippen LogP contribution >= 0.6 is 11.8 Å². The topological polar surface area (TPSA) is 81.4 Å². The maximum absolute atomic E-state index is 12.0. The normalized spacial score (nSPS) is 10.7. The Labute approximate surface area is 143 Å². The van der Waals surface area contributed by atoms with Gasteiger partial charge in [0.25, 0.3) is 0 Å². The summed E-state index contributed by atoms with van der Waals surface area (Å²) in [6.45, 7) is 0.270. The third-order valence-corrected chi connectivity index (χ3v) is 4.30. The standard InChI is InChI=1S/C16H17N5O2S/c1-23-16-8-7-13-18-19-14(21(13)20-16)9-17-15(22)11-24-10-12-5-3-2-4-6-12/h2-8H,9-11H2,1H3,(H,17,22). The molecule has 24 heavy (non-hydrogen) atoms. The van der Waals surface area contributed by atoms with E-state index < -0.39 is 0 Å². The summed E-state index contributed by atoms with van der Waals surface area (Å²) in [6.07, 6.45) is 0. The van der Waals surface area contributed by atoms with Gasteiger partial charge in [0.05, 0.1) is 19.4 Å². The Hall–Kier alpha value is -2.61. The summed E-state index contributed by atoms with van der Waals surface area (Å²) in [5, 5.41) is 15.1. The van der Waals surface area contributed by atoms with Gasteiger partial charge in [0.15, 0.2) is 11.5 Å².